The Morgan fingerprint density at radius 1 is 1.18 bits per heavy atom. The van der Waals surface area contributed by atoms with Gasteiger partial charge in [0.1, 0.15) is 11.5 Å². The van der Waals surface area contributed by atoms with Crippen molar-refractivity contribution in [2.45, 2.75) is 79.5 Å². The van der Waals surface area contributed by atoms with Crippen molar-refractivity contribution in [3.05, 3.63) is 35.4 Å². The third-order valence-corrected chi connectivity index (χ3v) is 10.1. The largest absolute Gasteiger partial charge is 0.508 e. The molecule has 1 heterocycles. The fraction of sp³-hybridized carbons (Fsp3) is 0.583. The molecule has 2 fully saturated rings. The van der Waals surface area contributed by atoms with Crippen LogP contribution in [0.25, 0.3) is 0 Å². The number of ether oxygens (including phenoxy) is 2. The van der Waals surface area contributed by atoms with Gasteiger partial charge in [0.15, 0.2) is 10.7 Å². The highest BCUT2D eigenvalue weighted by molar-refractivity contribution is 9.09. The predicted molar refractivity (Wildman–Crippen MR) is 129 cm³/mol. The number of benzene rings is 1. The topological polar surface area (TPSA) is 93.1 Å². The summed E-state index contributed by atoms with van der Waals surface area (Å²) in [6.07, 6.45) is 0.668. The normalized spacial score (nSPS) is 37.4. The van der Waals surface area contributed by atoms with Gasteiger partial charge in [0, 0.05) is 21.9 Å². The van der Waals surface area contributed by atoms with Crippen LogP contribution in [0, 0.1) is 5.41 Å². The van der Waals surface area contributed by atoms with Crippen LogP contribution in [-0.2, 0) is 9.47 Å². The fourth-order valence-electron chi connectivity index (χ4n) is 5.09. The number of alkyl halides is 3. The van der Waals surface area contributed by atoms with Crippen LogP contribution in [0.15, 0.2) is 24.3 Å². The highest BCUT2D eigenvalue weighted by Crippen LogP contribution is 2.58. The molecule has 33 heavy (non-hydrogen) atoms. The summed E-state index contributed by atoms with van der Waals surface area (Å²) in [4.78, 5) is 25.9. The molecule has 1 unspecified atom stereocenters. The van der Waals surface area contributed by atoms with E-state index in [1.165, 1.54) is 0 Å². The minimum atomic E-state index is -2.25. The van der Waals surface area contributed by atoms with Crippen molar-refractivity contribution in [3.63, 3.8) is 0 Å². The average Bonchev–Trinajstić information content (AvgIpc) is 2.69. The van der Waals surface area contributed by atoms with Crippen LogP contribution in [-0.4, -0.2) is 54.4 Å². The zero-order chi connectivity index (χ0) is 24.7. The van der Waals surface area contributed by atoms with Gasteiger partial charge < -0.3 is 19.7 Å². The highest BCUT2D eigenvalue weighted by Gasteiger charge is 2.73. The second kappa shape index (κ2) is 7.69. The van der Waals surface area contributed by atoms with E-state index in [-0.39, 0.29) is 28.1 Å². The first-order valence-electron chi connectivity index (χ1n) is 10.8. The van der Waals surface area contributed by atoms with Gasteiger partial charge in [-0.05, 0) is 44.7 Å². The molecular formula is C24H27BrCl2O6. The minimum absolute atomic E-state index is 0.0498. The number of Topliss-reactive ketones (excluding diaryl/α,β-unsaturated/α-hetero) is 2. The standard InChI is InChI=1S/C24H27BrCl2O6/c1-11-6-7-15(25)21(2,3)20(11)32-24-18(30)13-8-12(28)9-14(29)17(13)19(31)23(24,27)10-16(26)22(4,5)33-24/h8-9,15-16,20,28-29H,1,6-7,10H2,2-5H3/t15-,16+,20+,23?,24-/m0/s1. The number of phenols is 2. The molecule has 9 heteroatoms. The molecular weight excluding hydrogens is 535 g/mol. The molecule has 0 bridgehead atoms. The number of rotatable bonds is 2. The van der Waals surface area contributed by atoms with Crippen molar-refractivity contribution >= 4 is 50.7 Å². The Hall–Kier alpha value is -1.12. The van der Waals surface area contributed by atoms with Gasteiger partial charge in [0.05, 0.1) is 22.6 Å². The van der Waals surface area contributed by atoms with E-state index in [1.54, 1.807) is 13.8 Å². The number of carbonyl (C=O) groups excluding carboxylic acids is 2. The molecule has 6 nitrogen and oxygen atoms in total. The molecule has 5 atom stereocenters. The Morgan fingerprint density at radius 3 is 2.45 bits per heavy atom. The molecule has 3 aliphatic rings. The van der Waals surface area contributed by atoms with Gasteiger partial charge in [-0.15, -0.1) is 23.2 Å². The van der Waals surface area contributed by atoms with E-state index in [9.17, 15) is 19.8 Å². The first kappa shape index (κ1) is 25.0. The van der Waals surface area contributed by atoms with Crippen molar-refractivity contribution in [2.75, 3.05) is 0 Å². The van der Waals surface area contributed by atoms with E-state index >= 15 is 0 Å². The third-order valence-electron chi connectivity index (χ3n) is 7.23. The quantitative estimate of drug-likeness (QED) is 0.367. The van der Waals surface area contributed by atoms with Crippen molar-refractivity contribution < 1.29 is 29.3 Å². The lowest BCUT2D eigenvalue weighted by Gasteiger charge is -2.58. The molecule has 0 radical (unpaired) electrons. The molecule has 0 spiro atoms. The Labute approximate surface area is 211 Å². The zero-order valence-electron chi connectivity index (χ0n) is 18.9. The Balaban J connectivity index is 1.97. The van der Waals surface area contributed by atoms with Gasteiger partial charge in [-0.1, -0.05) is 36.4 Å². The molecule has 2 N–H and O–H groups in total. The lowest BCUT2D eigenvalue weighted by atomic mass is 9.68. The highest BCUT2D eigenvalue weighted by atomic mass is 79.9. The fourth-order valence-corrected chi connectivity index (χ4v) is 6.34. The molecule has 1 aromatic rings. The molecule has 0 aromatic heterocycles. The van der Waals surface area contributed by atoms with Crippen LogP contribution in [0.5, 0.6) is 11.5 Å². The summed E-state index contributed by atoms with van der Waals surface area (Å²) < 4.78 is 12.9. The van der Waals surface area contributed by atoms with Gasteiger partial charge in [-0.25, -0.2) is 0 Å². The minimum Gasteiger partial charge on any atom is -0.508 e. The van der Waals surface area contributed by atoms with Crippen LogP contribution in [0.2, 0.25) is 0 Å². The molecule has 1 saturated carbocycles. The maximum Gasteiger partial charge on any atom is 0.262 e. The van der Waals surface area contributed by atoms with Crippen molar-refractivity contribution in [1.82, 2.24) is 0 Å². The molecule has 2 aliphatic carbocycles. The Kier molecular flexibility index (Phi) is 5.82. The van der Waals surface area contributed by atoms with Crippen LogP contribution >= 0.6 is 39.1 Å². The van der Waals surface area contributed by atoms with Crippen LogP contribution in [0.4, 0.5) is 0 Å². The molecule has 0 amide bonds. The van der Waals surface area contributed by atoms with Crippen molar-refractivity contribution in [2.24, 2.45) is 5.41 Å². The number of halogens is 3. The number of hydrogen-bond acceptors (Lipinski definition) is 6. The van der Waals surface area contributed by atoms with E-state index in [4.69, 9.17) is 32.7 Å². The van der Waals surface area contributed by atoms with Gasteiger partial charge in [0.25, 0.3) is 5.79 Å². The first-order chi connectivity index (χ1) is 15.1. The summed E-state index contributed by atoms with van der Waals surface area (Å²) in [7, 11) is 0. The summed E-state index contributed by atoms with van der Waals surface area (Å²) >= 11 is 17.3. The van der Waals surface area contributed by atoms with Crippen molar-refractivity contribution in [1.29, 1.82) is 0 Å². The molecule has 180 valence electrons. The van der Waals surface area contributed by atoms with Gasteiger partial charge in [-0.2, -0.15) is 0 Å². The molecule has 4 rings (SSSR count). The van der Waals surface area contributed by atoms with E-state index in [1.807, 2.05) is 13.8 Å². The summed E-state index contributed by atoms with van der Waals surface area (Å²) in [5.41, 5.74) is -1.34. The Morgan fingerprint density at radius 2 is 1.82 bits per heavy atom. The average molecular weight is 562 g/mol. The molecule has 1 aromatic carbocycles. The van der Waals surface area contributed by atoms with E-state index in [2.05, 4.69) is 22.5 Å². The first-order valence-corrected chi connectivity index (χ1v) is 12.5. The van der Waals surface area contributed by atoms with Gasteiger partial charge in [0.2, 0.25) is 5.78 Å². The van der Waals surface area contributed by atoms with Gasteiger partial charge >= 0.3 is 0 Å². The summed E-state index contributed by atoms with van der Waals surface area (Å²) in [5.74, 6) is -4.67. The number of carbonyl (C=O) groups is 2. The van der Waals surface area contributed by atoms with Crippen LogP contribution in [0.3, 0.4) is 0 Å². The number of hydrogen-bond donors (Lipinski definition) is 2. The summed E-state index contributed by atoms with van der Waals surface area (Å²) in [6.45, 7) is 11.5. The van der Waals surface area contributed by atoms with E-state index < -0.39 is 50.5 Å². The summed E-state index contributed by atoms with van der Waals surface area (Å²) in [5, 5.41) is 19.8. The van der Waals surface area contributed by atoms with Crippen LogP contribution < -0.4 is 0 Å². The molecule has 1 saturated heterocycles. The van der Waals surface area contributed by atoms with Gasteiger partial charge in [-0.3, -0.25) is 9.59 Å². The number of phenolic OH excluding ortho intramolecular Hbond substituents is 2. The van der Waals surface area contributed by atoms with E-state index in [0.717, 1.165) is 24.1 Å². The SMILES string of the molecule is C=C1CC[C@H](Br)C(C)(C)[C@@H]1O[C@@]12OC(C)(C)[C@H](Cl)CC1(Cl)C(=O)c1c(O)cc(O)cc1C2=O. The smallest absolute Gasteiger partial charge is 0.262 e. The lowest BCUT2D eigenvalue weighted by molar-refractivity contribution is -0.302. The second-order valence-corrected chi connectivity index (χ2v) is 12.6. The maximum absolute atomic E-state index is 14.1. The maximum atomic E-state index is 14.1. The zero-order valence-corrected chi connectivity index (χ0v) is 22.0. The molecule has 1 aliphatic heterocycles. The van der Waals surface area contributed by atoms with Crippen LogP contribution in [0.1, 0.15) is 67.7 Å². The monoisotopic (exact) mass is 560 g/mol. The van der Waals surface area contributed by atoms with E-state index in [0.29, 0.717) is 6.42 Å². The predicted octanol–water partition coefficient (Wildman–Crippen LogP) is 5.48. The number of fused-ring (bicyclic) bond motifs is 2. The second-order valence-electron chi connectivity index (χ2n) is 10.3. The summed E-state index contributed by atoms with van der Waals surface area (Å²) in [6, 6.07) is 2.11. The third kappa shape index (κ3) is 3.41. The number of ketones is 2. The lowest BCUT2D eigenvalue weighted by Crippen LogP contribution is -2.74. The van der Waals surface area contributed by atoms with Crippen molar-refractivity contribution in [3.8, 4) is 11.5 Å². The Bertz CT molecular complexity index is 1070. The number of aromatic hydroxyl groups is 2.